The molecule has 8 heteroatoms. The first-order valence-electron chi connectivity index (χ1n) is 5.40. The summed E-state index contributed by atoms with van der Waals surface area (Å²) in [7, 11) is 0. The van der Waals surface area contributed by atoms with Crippen LogP contribution in [0, 0.1) is 3.57 Å². The zero-order valence-electron chi connectivity index (χ0n) is 9.89. The number of halogens is 4. The van der Waals surface area contributed by atoms with Gasteiger partial charge in [0.15, 0.2) is 0 Å². The molecule has 0 saturated heterocycles. The number of ether oxygens (including phenoxy) is 1. The summed E-state index contributed by atoms with van der Waals surface area (Å²) in [4.78, 5) is 15.7. The summed E-state index contributed by atoms with van der Waals surface area (Å²) >= 11 is 1.87. The summed E-state index contributed by atoms with van der Waals surface area (Å²) in [5.41, 5.74) is 0.474. The van der Waals surface area contributed by atoms with Gasteiger partial charge in [0.2, 0.25) is 0 Å². The third kappa shape index (κ3) is 3.95. The zero-order chi connectivity index (χ0) is 14.8. The lowest BCUT2D eigenvalue weighted by molar-refractivity contribution is -0.274. The van der Waals surface area contributed by atoms with Crippen molar-refractivity contribution in [1.29, 1.82) is 0 Å². The molecule has 0 amide bonds. The topological polar surface area (TPSA) is 44.1 Å². The minimum absolute atomic E-state index is 0.198. The van der Waals surface area contributed by atoms with E-state index in [-0.39, 0.29) is 17.9 Å². The molecule has 20 heavy (non-hydrogen) atoms. The molecule has 106 valence electrons. The van der Waals surface area contributed by atoms with Gasteiger partial charge in [0.25, 0.3) is 5.56 Å². The van der Waals surface area contributed by atoms with E-state index in [1.54, 1.807) is 0 Å². The van der Waals surface area contributed by atoms with Crippen LogP contribution in [0.1, 0.15) is 5.56 Å². The first-order chi connectivity index (χ1) is 9.35. The summed E-state index contributed by atoms with van der Waals surface area (Å²) in [6, 6.07) is 5.34. The maximum Gasteiger partial charge on any atom is 0.573 e. The van der Waals surface area contributed by atoms with Crippen molar-refractivity contribution in [1.82, 2.24) is 9.55 Å². The normalized spacial score (nSPS) is 11.4. The molecule has 2 aromatic rings. The van der Waals surface area contributed by atoms with Crippen molar-refractivity contribution in [2.24, 2.45) is 0 Å². The highest BCUT2D eigenvalue weighted by atomic mass is 127. The molecule has 0 bridgehead atoms. The third-order valence-corrected chi connectivity index (χ3v) is 3.11. The van der Waals surface area contributed by atoms with E-state index in [4.69, 9.17) is 0 Å². The number of benzene rings is 1. The number of nitrogens with zero attached hydrogens (tertiary/aromatic N) is 2. The third-order valence-electron chi connectivity index (χ3n) is 2.37. The Morgan fingerprint density at radius 3 is 2.50 bits per heavy atom. The van der Waals surface area contributed by atoms with E-state index in [1.807, 2.05) is 22.6 Å². The predicted octanol–water partition coefficient (Wildman–Crippen LogP) is 2.79. The quantitative estimate of drug-likeness (QED) is 0.750. The summed E-state index contributed by atoms with van der Waals surface area (Å²) in [5.74, 6) is -0.297. The maximum atomic E-state index is 12.0. The zero-order valence-corrected chi connectivity index (χ0v) is 12.1. The van der Waals surface area contributed by atoms with Gasteiger partial charge < -0.3 is 4.74 Å². The standard InChI is InChI=1S/C12H8F3IN2O2/c13-12(14,15)20-9-3-1-8(2-4-9)6-18-7-17-5-10(16)11(18)19/h1-5,7H,6H2. The highest BCUT2D eigenvalue weighted by molar-refractivity contribution is 14.1. The lowest BCUT2D eigenvalue weighted by Gasteiger charge is -2.10. The van der Waals surface area contributed by atoms with Gasteiger partial charge in [-0.3, -0.25) is 9.36 Å². The molecular weight excluding hydrogens is 388 g/mol. The fourth-order valence-corrected chi connectivity index (χ4v) is 2.00. The molecule has 0 fully saturated rings. The van der Waals surface area contributed by atoms with E-state index >= 15 is 0 Å². The van der Waals surface area contributed by atoms with E-state index in [9.17, 15) is 18.0 Å². The molecule has 0 N–H and O–H groups in total. The second kappa shape index (κ2) is 5.81. The molecule has 0 aliphatic rings. The Morgan fingerprint density at radius 2 is 1.90 bits per heavy atom. The smallest absolute Gasteiger partial charge is 0.406 e. The molecule has 1 heterocycles. The van der Waals surface area contributed by atoms with Gasteiger partial charge in [-0.2, -0.15) is 0 Å². The summed E-state index contributed by atoms with van der Waals surface area (Å²) in [6.45, 7) is 0.231. The average molecular weight is 396 g/mol. The molecule has 4 nitrogen and oxygen atoms in total. The molecule has 0 radical (unpaired) electrons. The van der Waals surface area contributed by atoms with Gasteiger partial charge in [-0.25, -0.2) is 4.98 Å². The van der Waals surface area contributed by atoms with Crippen LogP contribution < -0.4 is 10.3 Å². The van der Waals surface area contributed by atoms with Crippen LogP contribution in [-0.2, 0) is 6.54 Å². The molecule has 0 atom stereocenters. The van der Waals surface area contributed by atoms with Crippen LogP contribution in [0.5, 0.6) is 5.75 Å². The van der Waals surface area contributed by atoms with Gasteiger partial charge in [0, 0.05) is 6.20 Å². The fourth-order valence-electron chi connectivity index (χ4n) is 1.53. The van der Waals surface area contributed by atoms with Crippen LogP contribution in [0.4, 0.5) is 13.2 Å². The van der Waals surface area contributed by atoms with Gasteiger partial charge in [-0.05, 0) is 40.3 Å². The molecule has 0 saturated carbocycles. The first kappa shape index (κ1) is 14.8. The van der Waals surface area contributed by atoms with Crippen LogP contribution in [0.15, 0.2) is 41.6 Å². The van der Waals surface area contributed by atoms with Crippen LogP contribution in [0.3, 0.4) is 0 Å². The molecule has 0 spiro atoms. The van der Waals surface area contributed by atoms with Crippen LogP contribution >= 0.6 is 22.6 Å². The van der Waals surface area contributed by atoms with E-state index in [0.29, 0.717) is 9.13 Å². The largest absolute Gasteiger partial charge is 0.573 e. The maximum absolute atomic E-state index is 12.0. The average Bonchev–Trinajstić information content (AvgIpc) is 2.35. The Hall–Kier alpha value is -1.58. The van der Waals surface area contributed by atoms with Gasteiger partial charge in [0.1, 0.15) is 5.75 Å². The Kier molecular flexibility index (Phi) is 4.31. The Balaban J connectivity index is 2.15. The number of hydrogen-bond acceptors (Lipinski definition) is 3. The molecule has 0 aliphatic carbocycles. The van der Waals surface area contributed by atoms with E-state index in [0.717, 1.165) is 0 Å². The molecule has 1 aromatic carbocycles. The van der Waals surface area contributed by atoms with Gasteiger partial charge in [-0.15, -0.1) is 13.2 Å². The van der Waals surface area contributed by atoms with E-state index < -0.39 is 6.36 Å². The van der Waals surface area contributed by atoms with E-state index in [1.165, 1.54) is 41.4 Å². The molecule has 0 unspecified atom stereocenters. The predicted molar refractivity (Wildman–Crippen MR) is 73.4 cm³/mol. The Labute approximate surface area is 125 Å². The highest BCUT2D eigenvalue weighted by Crippen LogP contribution is 2.22. The minimum Gasteiger partial charge on any atom is -0.406 e. The second-order valence-electron chi connectivity index (χ2n) is 3.87. The van der Waals surface area contributed by atoms with Crippen molar-refractivity contribution in [3.63, 3.8) is 0 Å². The van der Waals surface area contributed by atoms with Crippen molar-refractivity contribution < 1.29 is 17.9 Å². The van der Waals surface area contributed by atoms with Crippen molar-refractivity contribution in [3.8, 4) is 5.75 Å². The van der Waals surface area contributed by atoms with Crippen LogP contribution in [0.25, 0.3) is 0 Å². The number of hydrogen-bond donors (Lipinski definition) is 0. The summed E-state index contributed by atoms with van der Waals surface area (Å²) < 4.78 is 41.6. The number of rotatable bonds is 3. The van der Waals surface area contributed by atoms with Crippen molar-refractivity contribution in [3.05, 3.63) is 56.3 Å². The highest BCUT2D eigenvalue weighted by Gasteiger charge is 2.30. The van der Waals surface area contributed by atoms with Gasteiger partial charge >= 0.3 is 6.36 Å². The summed E-state index contributed by atoms with van der Waals surface area (Å²) in [5, 5.41) is 0. The van der Waals surface area contributed by atoms with Gasteiger partial charge in [-0.1, -0.05) is 12.1 Å². The minimum atomic E-state index is -4.71. The second-order valence-corrected chi connectivity index (χ2v) is 5.03. The number of aromatic nitrogens is 2. The van der Waals surface area contributed by atoms with Crippen molar-refractivity contribution in [2.45, 2.75) is 12.9 Å². The molecule has 2 rings (SSSR count). The van der Waals surface area contributed by atoms with Crippen LogP contribution in [-0.4, -0.2) is 15.9 Å². The van der Waals surface area contributed by atoms with Gasteiger partial charge in [0.05, 0.1) is 16.4 Å². The fraction of sp³-hybridized carbons (Fsp3) is 0.167. The molecular formula is C12H8F3IN2O2. The summed E-state index contributed by atoms with van der Waals surface area (Å²) in [6.07, 6.45) is -1.89. The Bertz CT molecular complexity index is 653. The molecule has 0 aliphatic heterocycles. The molecule has 1 aromatic heterocycles. The SMILES string of the molecule is O=c1c(I)cncn1Cc1ccc(OC(F)(F)F)cc1. The lowest BCUT2D eigenvalue weighted by atomic mass is 10.2. The van der Waals surface area contributed by atoms with E-state index in [2.05, 4.69) is 9.72 Å². The Morgan fingerprint density at radius 1 is 1.25 bits per heavy atom. The van der Waals surface area contributed by atoms with Crippen LogP contribution in [0.2, 0.25) is 0 Å². The number of alkyl halides is 3. The van der Waals surface area contributed by atoms with Crippen molar-refractivity contribution >= 4 is 22.6 Å². The first-order valence-corrected chi connectivity index (χ1v) is 6.48. The van der Waals surface area contributed by atoms with Crippen molar-refractivity contribution in [2.75, 3.05) is 0 Å². The monoisotopic (exact) mass is 396 g/mol. The lowest BCUT2D eigenvalue weighted by Crippen LogP contribution is -2.23.